The number of pyridine rings is 1. The average molecular weight is 279 g/mol. The molecule has 0 saturated carbocycles. The molecule has 1 atom stereocenters. The summed E-state index contributed by atoms with van der Waals surface area (Å²) in [5.41, 5.74) is 1.66. The third-order valence-electron chi connectivity index (χ3n) is 2.32. The molecule has 1 unspecified atom stereocenters. The van der Waals surface area contributed by atoms with E-state index in [0.29, 0.717) is 5.75 Å². The molecular formula is C12H16F3NOS. The van der Waals surface area contributed by atoms with Crippen LogP contribution >= 0.6 is 11.8 Å². The number of nitrogens with zero attached hydrogens (tertiary/aromatic N) is 1. The molecule has 1 heterocycles. The first-order valence-corrected chi connectivity index (χ1v) is 6.74. The Bertz CT molecular complexity index is 382. The lowest BCUT2D eigenvalue weighted by Crippen LogP contribution is -2.30. The maximum absolute atomic E-state index is 12.1. The molecule has 0 bridgehead atoms. The predicted octanol–water partition coefficient (Wildman–Crippen LogP) is 3.36. The summed E-state index contributed by atoms with van der Waals surface area (Å²) in [4.78, 5) is 4.35. The summed E-state index contributed by atoms with van der Waals surface area (Å²) in [5, 5.41) is 8.84. The van der Waals surface area contributed by atoms with E-state index in [4.69, 9.17) is 5.11 Å². The standard InChI is InChI=1S/C12H16F3NOS/c1-8(2)10-5-3-4-9(16-10)6-18-7-11(17)12(13,14)15/h3-5,8,11,17H,6-7H2,1-2H3. The molecule has 0 radical (unpaired) electrons. The molecule has 0 fully saturated rings. The fraction of sp³-hybridized carbons (Fsp3) is 0.583. The normalized spacial score (nSPS) is 13.9. The van der Waals surface area contributed by atoms with Gasteiger partial charge in [-0.15, -0.1) is 0 Å². The Morgan fingerprint density at radius 1 is 1.33 bits per heavy atom. The Morgan fingerprint density at radius 3 is 2.56 bits per heavy atom. The van der Waals surface area contributed by atoms with Crippen LogP contribution in [0.2, 0.25) is 0 Å². The SMILES string of the molecule is CC(C)c1cccc(CSCC(O)C(F)(F)F)n1. The minimum absolute atomic E-state index is 0.288. The lowest BCUT2D eigenvalue weighted by atomic mass is 10.1. The first-order valence-electron chi connectivity index (χ1n) is 5.59. The third kappa shape index (κ3) is 4.86. The molecule has 2 nitrogen and oxygen atoms in total. The van der Waals surface area contributed by atoms with Gasteiger partial charge in [0.2, 0.25) is 0 Å². The monoisotopic (exact) mass is 279 g/mol. The lowest BCUT2D eigenvalue weighted by molar-refractivity contribution is -0.195. The fourth-order valence-electron chi connectivity index (χ4n) is 1.27. The Labute approximate surface area is 109 Å². The molecule has 0 amide bonds. The highest BCUT2D eigenvalue weighted by molar-refractivity contribution is 7.98. The smallest absolute Gasteiger partial charge is 0.383 e. The van der Waals surface area contributed by atoms with Crippen LogP contribution in [0.25, 0.3) is 0 Å². The van der Waals surface area contributed by atoms with Gasteiger partial charge in [0.15, 0.2) is 6.10 Å². The van der Waals surface area contributed by atoms with Gasteiger partial charge in [-0.3, -0.25) is 4.98 Å². The van der Waals surface area contributed by atoms with Crippen molar-refractivity contribution in [3.05, 3.63) is 29.6 Å². The van der Waals surface area contributed by atoms with Gasteiger partial charge in [-0.1, -0.05) is 19.9 Å². The Morgan fingerprint density at radius 2 is 2.00 bits per heavy atom. The topological polar surface area (TPSA) is 33.1 Å². The molecule has 1 N–H and O–H groups in total. The van der Waals surface area contributed by atoms with E-state index in [1.807, 2.05) is 26.0 Å². The average Bonchev–Trinajstić information content (AvgIpc) is 2.28. The number of aromatic nitrogens is 1. The van der Waals surface area contributed by atoms with Crippen LogP contribution in [-0.2, 0) is 5.75 Å². The van der Waals surface area contributed by atoms with E-state index in [9.17, 15) is 13.2 Å². The van der Waals surface area contributed by atoms with E-state index in [1.54, 1.807) is 6.07 Å². The second-order valence-electron chi connectivity index (χ2n) is 4.28. The van der Waals surface area contributed by atoms with Crippen LogP contribution in [0.5, 0.6) is 0 Å². The van der Waals surface area contributed by atoms with Gasteiger partial charge in [-0.2, -0.15) is 24.9 Å². The molecule has 0 aliphatic carbocycles. The summed E-state index contributed by atoms with van der Waals surface area (Å²) in [7, 11) is 0. The molecule has 0 spiro atoms. The molecule has 0 aliphatic rings. The van der Waals surface area contributed by atoms with Crippen molar-refractivity contribution in [1.82, 2.24) is 4.98 Å². The second kappa shape index (κ2) is 6.43. The van der Waals surface area contributed by atoms with Crippen molar-refractivity contribution in [3.63, 3.8) is 0 Å². The van der Waals surface area contributed by atoms with Crippen molar-refractivity contribution in [2.24, 2.45) is 0 Å². The van der Waals surface area contributed by atoms with Crippen molar-refractivity contribution in [2.75, 3.05) is 5.75 Å². The minimum Gasteiger partial charge on any atom is -0.383 e. The van der Waals surface area contributed by atoms with Crippen molar-refractivity contribution < 1.29 is 18.3 Å². The molecule has 6 heteroatoms. The van der Waals surface area contributed by atoms with Gasteiger partial charge in [0, 0.05) is 17.2 Å². The first-order chi connectivity index (χ1) is 8.30. The van der Waals surface area contributed by atoms with Crippen LogP contribution in [0.1, 0.15) is 31.2 Å². The molecule has 18 heavy (non-hydrogen) atoms. The quantitative estimate of drug-likeness (QED) is 0.897. The summed E-state index contributed by atoms with van der Waals surface area (Å²) in [5.74, 6) is 0.292. The zero-order valence-electron chi connectivity index (χ0n) is 10.2. The fourth-order valence-corrected chi connectivity index (χ4v) is 2.17. The maximum Gasteiger partial charge on any atom is 0.415 e. The number of thioether (sulfide) groups is 1. The zero-order chi connectivity index (χ0) is 13.8. The van der Waals surface area contributed by atoms with Crippen LogP contribution < -0.4 is 0 Å². The molecule has 0 saturated heterocycles. The molecule has 1 aromatic heterocycles. The maximum atomic E-state index is 12.1. The Balaban J connectivity index is 2.47. The number of hydrogen-bond donors (Lipinski definition) is 1. The van der Waals surface area contributed by atoms with Crippen molar-refractivity contribution in [1.29, 1.82) is 0 Å². The minimum atomic E-state index is -4.54. The Hall–Kier alpha value is -0.750. The lowest BCUT2D eigenvalue weighted by Gasteiger charge is -2.13. The van der Waals surface area contributed by atoms with E-state index in [0.717, 1.165) is 23.1 Å². The summed E-state index contributed by atoms with van der Waals surface area (Å²) in [6, 6.07) is 5.51. The number of rotatable bonds is 5. The van der Waals surface area contributed by atoms with Gasteiger partial charge >= 0.3 is 6.18 Å². The van der Waals surface area contributed by atoms with Gasteiger partial charge in [0.25, 0.3) is 0 Å². The van der Waals surface area contributed by atoms with Gasteiger partial charge in [0.05, 0.1) is 5.69 Å². The van der Waals surface area contributed by atoms with Gasteiger partial charge in [-0.25, -0.2) is 0 Å². The summed E-state index contributed by atoms with van der Waals surface area (Å²) in [6.07, 6.45) is -6.81. The van der Waals surface area contributed by atoms with Crippen molar-refractivity contribution in [2.45, 2.75) is 37.8 Å². The largest absolute Gasteiger partial charge is 0.415 e. The highest BCUT2D eigenvalue weighted by Crippen LogP contribution is 2.24. The highest BCUT2D eigenvalue weighted by Gasteiger charge is 2.37. The number of aliphatic hydroxyl groups is 1. The second-order valence-corrected chi connectivity index (χ2v) is 5.31. The molecule has 102 valence electrons. The molecule has 1 rings (SSSR count). The first kappa shape index (κ1) is 15.3. The Kier molecular flexibility index (Phi) is 5.47. The highest BCUT2D eigenvalue weighted by atomic mass is 32.2. The predicted molar refractivity (Wildman–Crippen MR) is 66.5 cm³/mol. The van der Waals surface area contributed by atoms with Crippen LogP contribution in [0.3, 0.4) is 0 Å². The summed E-state index contributed by atoms with van der Waals surface area (Å²) >= 11 is 1.03. The summed E-state index contributed by atoms with van der Waals surface area (Å²) in [6.45, 7) is 4.01. The van der Waals surface area contributed by atoms with Gasteiger partial charge in [0.1, 0.15) is 0 Å². The number of alkyl halides is 3. The zero-order valence-corrected chi connectivity index (χ0v) is 11.1. The van der Waals surface area contributed by atoms with Crippen molar-refractivity contribution >= 4 is 11.8 Å². The third-order valence-corrected chi connectivity index (χ3v) is 3.37. The van der Waals surface area contributed by atoms with E-state index >= 15 is 0 Å². The van der Waals surface area contributed by atoms with Crippen LogP contribution in [0.4, 0.5) is 13.2 Å². The van der Waals surface area contributed by atoms with Gasteiger partial charge in [-0.05, 0) is 18.1 Å². The van der Waals surface area contributed by atoms with Crippen LogP contribution in [-0.4, -0.2) is 28.1 Å². The van der Waals surface area contributed by atoms with E-state index < -0.39 is 12.3 Å². The van der Waals surface area contributed by atoms with Gasteiger partial charge < -0.3 is 5.11 Å². The van der Waals surface area contributed by atoms with E-state index in [1.165, 1.54) is 0 Å². The van der Waals surface area contributed by atoms with Crippen LogP contribution in [0.15, 0.2) is 18.2 Å². The molecule has 0 aromatic carbocycles. The van der Waals surface area contributed by atoms with E-state index in [2.05, 4.69) is 4.98 Å². The van der Waals surface area contributed by atoms with E-state index in [-0.39, 0.29) is 11.7 Å². The molecule has 0 aliphatic heterocycles. The number of hydrogen-bond acceptors (Lipinski definition) is 3. The number of aliphatic hydroxyl groups excluding tert-OH is 1. The summed E-state index contributed by atoms with van der Waals surface area (Å²) < 4.78 is 36.2. The molecular weight excluding hydrogens is 263 g/mol. The number of halogens is 3. The van der Waals surface area contributed by atoms with Crippen LogP contribution in [0, 0.1) is 0 Å². The molecule has 1 aromatic rings. The van der Waals surface area contributed by atoms with Crippen molar-refractivity contribution in [3.8, 4) is 0 Å².